The number of fused-ring (bicyclic) bond motifs is 1. The second-order valence-electron chi connectivity index (χ2n) is 5.13. The Hall–Kier alpha value is -2.45. The maximum atomic E-state index is 12.4. The molecule has 0 N–H and O–H groups in total. The first-order valence-corrected chi connectivity index (χ1v) is 8.69. The molecule has 0 bridgehead atoms. The largest absolute Gasteiger partial charge is 0.468 e. The summed E-state index contributed by atoms with van der Waals surface area (Å²) in [6.07, 6.45) is 1.72. The summed E-state index contributed by atoms with van der Waals surface area (Å²) in [7, 11) is 1.31. The number of nitrogens with zero attached hydrogens (tertiary/aromatic N) is 4. The van der Waals surface area contributed by atoms with Gasteiger partial charge in [0.1, 0.15) is 6.54 Å². The molecule has 3 rings (SSSR count). The minimum atomic E-state index is -0.469. The van der Waals surface area contributed by atoms with E-state index in [1.165, 1.54) is 18.4 Å². The molecule has 0 saturated carbocycles. The summed E-state index contributed by atoms with van der Waals surface area (Å²) in [6, 6.07) is 6.89. The minimum Gasteiger partial charge on any atom is -0.468 e. The maximum absolute atomic E-state index is 12.4. The first kappa shape index (κ1) is 17.4. The lowest BCUT2D eigenvalue weighted by Crippen LogP contribution is -2.22. The number of methoxy groups -OCH3 is 1. The van der Waals surface area contributed by atoms with Gasteiger partial charge in [0, 0.05) is 17.8 Å². The minimum absolute atomic E-state index is 0.0480. The third-order valence-corrected chi connectivity index (χ3v) is 4.82. The first-order chi connectivity index (χ1) is 12.0. The van der Waals surface area contributed by atoms with Crippen LogP contribution in [0.1, 0.15) is 17.4 Å². The van der Waals surface area contributed by atoms with Crippen LogP contribution < -0.4 is 4.80 Å². The van der Waals surface area contributed by atoms with Gasteiger partial charge in [-0.2, -0.15) is 10.1 Å². The molecule has 0 unspecified atom stereocenters. The Morgan fingerprint density at radius 1 is 1.36 bits per heavy atom. The van der Waals surface area contributed by atoms with E-state index in [1.807, 2.05) is 6.92 Å². The van der Waals surface area contributed by atoms with Crippen LogP contribution in [0.2, 0.25) is 5.02 Å². The van der Waals surface area contributed by atoms with Gasteiger partial charge < -0.3 is 9.30 Å². The SMILES string of the molecule is CCn1ccc(C(=O)N=c2sc3cc(Cl)ccc3n2CC(=O)OC)n1. The number of hydrogen-bond donors (Lipinski definition) is 0. The molecule has 130 valence electrons. The second kappa shape index (κ2) is 7.20. The standard InChI is InChI=1S/C16H15ClN4O3S/c1-3-20-7-6-11(19-20)15(23)18-16-21(9-14(22)24-2)12-5-4-10(17)8-13(12)25-16/h4-8H,3,9H2,1-2H3. The van der Waals surface area contributed by atoms with E-state index in [0.717, 1.165) is 10.2 Å². The van der Waals surface area contributed by atoms with Crippen LogP contribution in [0.5, 0.6) is 0 Å². The smallest absolute Gasteiger partial charge is 0.325 e. The summed E-state index contributed by atoms with van der Waals surface area (Å²) in [6.45, 7) is 2.54. The molecule has 7 nitrogen and oxygen atoms in total. The van der Waals surface area contributed by atoms with Crippen LogP contribution in [0.15, 0.2) is 35.5 Å². The maximum Gasteiger partial charge on any atom is 0.325 e. The number of esters is 1. The average Bonchev–Trinajstić information content (AvgIpc) is 3.20. The third kappa shape index (κ3) is 3.64. The van der Waals surface area contributed by atoms with E-state index in [1.54, 1.807) is 39.7 Å². The molecule has 25 heavy (non-hydrogen) atoms. The number of hydrogen-bond acceptors (Lipinski definition) is 5. The molecule has 0 aliphatic carbocycles. The molecule has 1 aromatic carbocycles. The molecule has 0 radical (unpaired) electrons. The number of benzene rings is 1. The molecule has 0 spiro atoms. The van der Waals surface area contributed by atoms with E-state index in [2.05, 4.69) is 10.1 Å². The number of halogens is 1. The number of carbonyl (C=O) groups excluding carboxylic acids is 2. The molecule has 3 aromatic rings. The number of ether oxygens (including phenoxy) is 1. The van der Waals surface area contributed by atoms with Crippen molar-refractivity contribution in [1.29, 1.82) is 0 Å². The third-order valence-electron chi connectivity index (χ3n) is 3.54. The van der Waals surface area contributed by atoms with Crippen LogP contribution in [-0.2, 0) is 22.6 Å². The molecule has 2 aromatic heterocycles. The van der Waals surface area contributed by atoms with Crippen LogP contribution in [-0.4, -0.2) is 33.3 Å². The van der Waals surface area contributed by atoms with Gasteiger partial charge >= 0.3 is 5.97 Å². The van der Waals surface area contributed by atoms with Crippen molar-refractivity contribution in [2.45, 2.75) is 20.0 Å². The van der Waals surface area contributed by atoms with E-state index in [0.29, 0.717) is 16.4 Å². The van der Waals surface area contributed by atoms with Crippen LogP contribution >= 0.6 is 22.9 Å². The van der Waals surface area contributed by atoms with Crippen LogP contribution in [0.25, 0.3) is 10.2 Å². The van der Waals surface area contributed by atoms with Gasteiger partial charge in [-0.3, -0.25) is 14.3 Å². The highest BCUT2D eigenvalue weighted by molar-refractivity contribution is 7.16. The lowest BCUT2D eigenvalue weighted by Gasteiger charge is -2.03. The molecule has 0 aliphatic rings. The summed E-state index contributed by atoms with van der Waals surface area (Å²) < 4.78 is 8.84. The molecule has 0 saturated heterocycles. The van der Waals surface area contributed by atoms with Gasteiger partial charge in [0.15, 0.2) is 10.5 Å². The second-order valence-corrected chi connectivity index (χ2v) is 6.58. The summed E-state index contributed by atoms with van der Waals surface area (Å²) in [5.41, 5.74) is 1.01. The number of thiazole rings is 1. The zero-order chi connectivity index (χ0) is 18.0. The van der Waals surface area contributed by atoms with E-state index in [-0.39, 0.29) is 12.2 Å². The zero-order valence-corrected chi connectivity index (χ0v) is 15.2. The number of carbonyl (C=O) groups is 2. The molecule has 0 aliphatic heterocycles. The Morgan fingerprint density at radius 2 is 2.16 bits per heavy atom. The van der Waals surface area contributed by atoms with Crippen molar-refractivity contribution in [1.82, 2.24) is 14.3 Å². The van der Waals surface area contributed by atoms with Gasteiger partial charge in [0.05, 0.1) is 17.3 Å². The lowest BCUT2D eigenvalue weighted by atomic mass is 10.3. The highest BCUT2D eigenvalue weighted by Gasteiger charge is 2.14. The number of rotatable bonds is 4. The molecular formula is C16H15ClN4O3S. The summed E-state index contributed by atoms with van der Waals surface area (Å²) in [5, 5.41) is 4.72. The van der Waals surface area contributed by atoms with Crippen LogP contribution in [0, 0.1) is 0 Å². The fourth-order valence-corrected chi connectivity index (χ4v) is 3.58. The van der Waals surface area contributed by atoms with Gasteiger partial charge in [-0.25, -0.2) is 0 Å². The predicted octanol–water partition coefficient (Wildman–Crippen LogP) is 2.49. The fourth-order valence-electron chi connectivity index (χ4n) is 2.27. The van der Waals surface area contributed by atoms with Crippen molar-refractivity contribution in [3.05, 3.63) is 46.0 Å². The van der Waals surface area contributed by atoms with E-state index in [4.69, 9.17) is 16.3 Å². The summed E-state index contributed by atoms with van der Waals surface area (Å²) in [5.74, 6) is -0.901. The number of aromatic nitrogens is 3. The summed E-state index contributed by atoms with van der Waals surface area (Å²) in [4.78, 5) is 28.7. The summed E-state index contributed by atoms with van der Waals surface area (Å²) >= 11 is 7.30. The molecule has 9 heteroatoms. The van der Waals surface area contributed by atoms with Gasteiger partial charge in [-0.1, -0.05) is 22.9 Å². The number of amides is 1. The van der Waals surface area contributed by atoms with E-state index in [9.17, 15) is 9.59 Å². The van der Waals surface area contributed by atoms with Crippen LogP contribution in [0.3, 0.4) is 0 Å². The fraction of sp³-hybridized carbons (Fsp3) is 0.250. The molecule has 1 amide bonds. The van der Waals surface area contributed by atoms with Crippen molar-refractivity contribution in [2.24, 2.45) is 4.99 Å². The first-order valence-electron chi connectivity index (χ1n) is 7.50. The Balaban J connectivity index is 2.11. The van der Waals surface area contributed by atoms with E-state index >= 15 is 0 Å². The number of aryl methyl sites for hydroxylation is 1. The van der Waals surface area contributed by atoms with Gasteiger partial charge in [-0.15, -0.1) is 0 Å². The topological polar surface area (TPSA) is 78.5 Å². The van der Waals surface area contributed by atoms with Crippen molar-refractivity contribution >= 4 is 45.0 Å². The Bertz CT molecular complexity index is 1020. The molecular weight excluding hydrogens is 364 g/mol. The lowest BCUT2D eigenvalue weighted by molar-refractivity contribution is -0.141. The van der Waals surface area contributed by atoms with Crippen molar-refractivity contribution in [2.75, 3.05) is 7.11 Å². The van der Waals surface area contributed by atoms with E-state index < -0.39 is 11.9 Å². The van der Waals surface area contributed by atoms with Gasteiger partial charge in [0.25, 0.3) is 5.91 Å². The van der Waals surface area contributed by atoms with Gasteiger partial charge in [-0.05, 0) is 31.2 Å². The Labute approximate surface area is 152 Å². The monoisotopic (exact) mass is 378 g/mol. The highest BCUT2D eigenvalue weighted by atomic mass is 35.5. The normalized spacial score (nSPS) is 11.9. The Kier molecular flexibility index (Phi) is 5.00. The van der Waals surface area contributed by atoms with Crippen molar-refractivity contribution < 1.29 is 14.3 Å². The van der Waals surface area contributed by atoms with Crippen molar-refractivity contribution in [3.63, 3.8) is 0 Å². The molecule has 0 atom stereocenters. The van der Waals surface area contributed by atoms with Gasteiger partial charge in [0.2, 0.25) is 0 Å². The Morgan fingerprint density at radius 3 is 2.84 bits per heavy atom. The predicted molar refractivity (Wildman–Crippen MR) is 94.6 cm³/mol. The quantitative estimate of drug-likeness (QED) is 0.653. The highest BCUT2D eigenvalue weighted by Crippen LogP contribution is 2.22. The zero-order valence-electron chi connectivity index (χ0n) is 13.6. The molecule has 2 heterocycles. The average molecular weight is 379 g/mol. The van der Waals surface area contributed by atoms with Crippen LogP contribution in [0.4, 0.5) is 0 Å². The van der Waals surface area contributed by atoms with Crippen molar-refractivity contribution in [3.8, 4) is 0 Å². The molecule has 0 fully saturated rings.